The lowest BCUT2D eigenvalue weighted by molar-refractivity contribution is -0.109. The number of thioether (sulfide) groups is 2. The number of carbonyl (C=O) groups is 2. The molecule has 0 aromatic heterocycles. The van der Waals surface area contributed by atoms with Gasteiger partial charge in [0.25, 0.3) is 0 Å². The summed E-state index contributed by atoms with van der Waals surface area (Å²) < 4.78 is 5.09. The monoisotopic (exact) mass is 218 g/mol. The van der Waals surface area contributed by atoms with Crippen molar-refractivity contribution in [1.82, 2.24) is 0 Å². The molecule has 0 amide bonds. The molecule has 1 atom stereocenters. The summed E-state index contributed by atoms with van der Waals surface area (Å²) in [5.74, 6) is 1.44. The van der Waals surface area contributed by atoms with Gasteiger partial charge in [0.1, 0.15) is 5.76 Å². The third kappa shape index (κ3) is 4.38. The molecule has 0 saturated carbocycles. The zero-order valence-electron chi connectivity index (χ0n) is 7.40. The van der Waals surface area contributed by atoms with Gasteiger partial charge in [-0.2, -0.15) is 0 Å². The van der Waals surface area contributed by atoms with Gasteiger partial charge in [0.2, 0.25) is 5.44 Å². The smallest absolute Gasteiger partial charge is 0.207 e. The first kappa shape index (κ1) is 10.7. The Morgan fingerprint density at radius 1 is 1.46 bits per heavy atom. The van der Waals surface area contributed by atoms with Crippen molar-refractivity contribution in [2.24, 2.45) is 0 Å². The second-order valence-electron chi connectivity index (χ2n) is 2.47. The van der Waals surface area contributed by atoms with E-state index in [2.05, 4.69) is 0 Å². The Morgan fingerprint density at radius 2 is 2.15 bits per heavy atom. The molecule has 0 bridgehead atoms. The Kier molecular flexibility index (Phi) is 3.87. The van der Waals surface area contributed by atoms with Crippen molar-refractivity contribution in [1.29, 1.82) is 0 Å². The molecule has 1 saturated heterocycles. The predicted octanol–water partition coefficient (Wildman–Crippen LogP) is 1.79. The van der Waals surface area contributed by atoms with Crippen molar-refractivity contribution in [3.63, 3.8) is 0 Å². The molecule has 1 aliphatic rings. The van der Waals surface area contributed by atoms with E-state index in [0.29, 0.717) is 5.75 Å². The summed E-state index contributed by atoms with van der Waals surface area (Å²) in [7, 11) is 0. The fraction of sp³-hybridized carbons (Fsp3) is 0.500. The molecular weight excluding hydrogens is 208 g/mol. The van der Waals surface area contributed by atoms with Crippen LogP contribution < -0.4 is 0 Å². The van der Waals surface area contributed by atoms with Gasteiger partial charge < -0.3 is 4.74 Å². The van der Waals surface area contributed by atoms with Gasteiger partial charge in [0.15, 0.2) is 10.2 Å². The van der Waals surface area contributed by atoms with Crippen LogP contribution in [0.2, 0.25) is 0 Å². The highest BCUT2D eigenvalue weighted by Gasteiger charge is 2.34. The molecular formula is C8H10O3S2. The van der Waals surface area contributed by atoms with E-state index in [1.54, 1.807) is 0 Å². The van der Waals surface area contributed by atoms with Gasteiger partial charge >= 0.3 is 0 Å². The van der Waals surface area contributed by atoms with E-state index >= 15 is 0 Å². The van der Waals surface area contributed by atoms with Crippen LogP contribution in [-0.2, 0) is 14.3 Å². The van der Waals surface area contributed by atoms with E-state index in [-0.39, 0.29) is 15.7 Å². The third-order valence-electron chi connectivity index (χ3n) is 1.26. The van der Waals surface area contributed by atoms with E-state index in [1.807, 2.05) is 6.08 Å². The molecule has 0 aromatic carbocycles. The maximum atomic E-state index is 10.6. The molecule has 0 aliphatic carbocycles. The molecule has 0 radical (unpaired) electrons. The first-order valence-corrected chi connectivity index (χ1v) is 5.63. The highest BCUT2D eigenvalue weighted by molar-refractivity contribution is 8.14. The molecule has 0 N–H and O–H groups in total. The fourth-order valence-electron chi connectivity index (χ4n) is 0.708. The second kappa shape index (κ2) is 4.72. The molecule has 1 fully saturated rings. The number of hydrogen-bond donors (Lipinski definition) is 0. The zero-order chi connectivity index (χ0) is 9.84. The van der Waals surface area contributed by atoms with Gasteiger partial charge in [-0.25, -0.2) is 0 Å². The molecule has 1 unspecified atom stereocenters. The average Bonchev–Trinajstić information content (AvgIpc) is 2.65. The van der Waals surface area contributed by atoms with Gasteiger partial charge in [0.05, 0.1) is 0 Å². The van der Waals surface area contributed by atoms with Crippen LogP contribution in [0.15, 0.2) is 11.8 Å². The standard InChI is InChI=1S/C8H10O3S2/c1-5(9)12-4-3-7-8(11-7)13-6(2)10/h3,8H,4H2,1-2H3. The summed E-state index contributed by atoms with van der Waals surface area (Å²) >= 11 is 2.39. The molecule has 1 aliphatic heterocycles. The fourth-order valence-corrected chi connectivity index (χ4v) is 1.86. The van der Waals surface area contributed by atoms with Crippen molar-refractivity contribution >= 4 is 33.8 Å². The van der Waals surface area contributed by atoms with Crippen molar-refractivity contribution in [3.8, 4) is 0 Å². The highest BCUT2D eigenvalue weighted by atomic mass is 32.2. The van der Waals surface area contributed by atoms with E-state index in [0.717, 1.165) is 17.5 Å². The number of hydrogen-bond acceptors (Lipinski definition) is 5. The maximum absolute atomic E-state index is 10.6. The lowest BCUT2D eigenvalue weighted by Crippen LogP contribution is -1.85. The lowest BCUT2D eigenvalue weighted by atomic mass is 10.6. The Hall–Kier alpha value is -0.420. The summed E-state index contributed by atoms with van der Waals surface area (Å²) in [6, 6.07) is 0. The molecule has 0 spiro atoms. The topological polar surface area (TPSA) is 46.7 Å². The molecule has 72 valence electrons. The van der Waals surface area contributed by atoms with Gasteiger partial charge in [-0.3, -0.25) is 9.59 Å². The van der Waals surface area contributed by atoms with Crippen molar-refractivity contribution in [2.45, 2.75) is 19.3 Å². The van der Waals surface area contributed by atoms with Gasteiger partial charge in [0, 0.05) is 19.6 Å². The Labute approximate surface area is 85.3 Å². The maximum Gasteiger partial charge on any atom is 0.207 e. The molecule has 0 aromatic rings. The molecule has 3 nitrogen and oxygen atoms in total. The van der Waals surface area contributed by atoms with Gasteiger partial charge in [-0.15, -0.1) is 0 Å². The van der Waals surface area contributed by atoms with Crippen LogP contribution >= 0.6 is 23.5 Å². The molecule has 1 rings (SSSR count). The largest absolute Gasteiger partial charge is 0.471 e. The van der Waals surface area contributed by atoms with Crippen LogP contribution in [0.3, 0.4) is 0 Å². The lowest BCUT2D eigenvalue weighted by Gasteiger charge is -1.84. The summed E-state index contributed by atoms with van der Waals surface area (Å²) in [5, 5.41) is 0.140. The third-order valence-corrected chi connectivity index (χ3v) is 2.88. The van der Waals surface area contributed by atoms with Gasteiger partial charge in [-0.05, 0) is 17.8 Å². The quantitative estimate of drug-likeness (QED) is 0.676. The predicted molar refractivity (Wildman–Crippen MR) is 54.4 cm³/mol. The minimum Gasteiger partial charge on any atom is -0.471 e. The summed E-state index contributed by atoms with van der Waals surface area (Å²) in [6.07, 6.45) is 1.84. The number of ether oxygens (including phenoxy) is 1. The first-order chi connectivity index (χ1) is 6.09. The van der Waals surface area contributed by atoms with E-state index in [1.165, 1.54) is 25.6 Å². The molecule has 13 heavy (non-hydrogen) atoms. The minimum atomic E-state index is -0.0925. The number of rotatable bonds is 3. The summed E-state index contributed by atoms with van der Waals surface area (Å²) in [4.78, 5) is 21.2. The second-order valence-corrected chi connectivity index (χ2v) is 4.90. The van der Waals surface area contributed by atoms with Crippen LogP contribution in [0.25, 0.3) is 0 Å². The van der Waals surface area contributed by atoms with Crippen LogP contribution in [0.1, 0.15) is 13.8 Å². The Morgan fingerprint density at radius 3 is 2.69 bits per heavy atom. The average molecular weight is 218 g/mol. The Balaban J connectivity index is 2.18. The molecule has 5 heteroatoms. The summed E-state index contributed by atoms with van der Waals surface area (Å²) in [6.45, 7) is 3.03. The van der Waals surface area contributed by atoms with Crippen LogP contribution in [0.4, 0.5) is 0 Å². The zero-order valence-corrected chi connectivity index (χ0v) is 9.04. The van der Waals surface area contributed by atoms with E-state index in [4.69, 9.17) is 4.74 Å². The van der Waals surface area contributed by atoms with Crippen LogP contribution in [-0.4, -0.2) is 21.4 Å². The number of carbonyl (C=O) groups excluding carboxylic acids is 2. The van der Waals surface area contributed by atoms with Gasteiger partial charge in [-0.1, -0.05) is 11.8 Å². The van der Waals surface area contributed by atoms with E-state index < -0.39 is 0 Å². The number of epoxide rings is 1. The summed E-state index contributed by atoms with van der Waals surface area (Å²) in [5.41, 5.74) is -0.0925. The van der Waals surface area contributed by atoms with Crippen molar-refractivity contribution < 1.29 is 14.3 Å². The van der Waals surface area contributed by atoms with E-state index in [9.17, 15) is 9.59 Å². The first-order valence-electron chi connectivity index (χ1n) is 3.77. The SMILES string of the molecule is CC(=O)SCC=C1OC1SC(C)=O. The molecule has 1 heterocycles. The minimum absolute atomic E-state index is 0.0487. The van der Waals surface area contributed by atoms with Crippen molar-refractivity contribution in [3.05, 3.63) is 11.8 Å². The van der Waals surface area contributed by atoms with Crippen LogP contribution in [0.5, 0.6) is 0 Å². The van der Waals surface area contributed by atoms with Crippen molar-refractivity contribution in [2.75, 3.05) is 5.75 Å². The highest BCUT2D eigenvalue weighted by Crippen LogP contribution is 2.37. The Bertz CT molecular complexity index is 260. The van der Waals surface area contributed by atoms with Crippen LogP contribution in [0, 0.1) is 0 Å². The normalized spacial score (nSPS) is 22.6.